The van der Waals surface area contributed by atoms with Gasteiger partial charge in [0.05, 0.1) is 17.8 Å². The van der Waals surface area contributed by atoms with Gasteiger partial charge in [0.1, 0.15) is 24.0 Å². The van der Waals surface area contributed by atoms with Crippen molar-refractivity contribution >= 4 is 29.3 Å². The number of hydrogen-bond acceptors (Lipinski definition) is 8. The van der Waals surface area contributed by atoms with Crippen LogP contribution in [0.4, 0.5) is 21.2 Å². The molecule has 37 heavy (non-hydrogen) atoms. The number of rotatable bonds is 9. The first-order chi connectivity index (χ1) is 17.7. The van der Waals surface area contributed by atoms with Crippen molar-refractivity contribution in [3.05, 3.63) is 59.9 Å². The topological polar surface area (TPSA) is 176 Å². The number of anilines is 2. The third-order valence-corrected chi connectivity index (χ3v) is 5.27. The molecule has 1 atom stereocenters. The Bertz CT molecular complexity index is 1430. The Labute approximate surface area is 211 Å². The van der Waals surface area contributed by atoms with Crippen LogP contribution in [-0.4, -0.2) is 66.2 Å². The van der Waals surface area contributed by atoms with E-state index in [0.29, 0.717) is 23.2 Å². The minimum Gasteiger partial charge on any atom is -0.489 e. The molecule has 2 amide bonds. The first-order valence-corrected chi connectivity index (χ1v) is 11.3. The minimum absolute atomic E-state index is 0.106. The Hall–Kier alpha value is -4.94. The highest BCUT2D eigenvalue weighted by atomic mass is 16.5. The molecule has 13 nitrogen and oxygen atoms in total. The van der Waals surface area contributed by atoms with E-state index >= 15 is 0 Å². The van der Waals surface area contributed by atoms with Crippen LogP contribution in [0.1, 0.15) is 17.2 Å². The number of amides is 2. The Kier molecular flexibility index (Phi) is 7.32. The number of nitrogens with zero attached hydrogens (tertiary/aromatic N) is 5. The van der Waals surface area contributed by atoms with Crippen LogP contribution >= 0.6 is 0 Å². The van der Waals surface area contributed by atoms with E-state index in [-0.39, 0.29) is 13.2 Å². The predicted molar refractivity (Wildman–Crippen MR) is 134 cm³/mol. The van der Waals surface area contributed by atoms with Gasteiger partial charge in [-0.1, -0.05) is 0 Å². The van der Waals surface area contributed by atoms with Crippen molar-refractivity contribution < 1.29 is 24.5 Å². The van der Waals surface area contributed by atoms with Crippen LogP contribution in [0.25, 0.3) is 16.6 Å². The second-order valence-electron chi connectivity index (χ2n) is 8.35. The summed E-state index contributed by atoms with van der Waals surface area (Å²) in [7, 11) is 0. The van der Waals surface area contributed by atoms with Crippen LogP contribution in [0.5, 0.6) is 5.75 Å². The summed E-state index contributed by atoms with van der Waals surface area (Å²) in [5, 5.41) is 30.1. The number of nitrogens with one attached hydrogen (secondary N) is 3. The summed E-state index contributed by atoms with van der Waals surface area (Å²) in [5.74, 6) is 2.35. The number of ether oxygens (including phenoxy) is 1. The van der Waals surface area contributed by atoms with Crippen LogP contribution < -0.4 is 20.7 Å². The summed E-state index contributed by atoms with van der Waals surface area (Å²) < 4.78 is 7.62. The monoisotopic (exact) mass is 506 g/mol. The molecule has 0 saturated heterocycles. The second kappa shape index (κ2) is 10.8. The minimum atomic E-state index is -1.29. The summed E-state index contributed by atoms with van der Waals surface area (Å²) in [6, 6.07) is 8.60. The summed E-state index contributed by atoms with van der Waals surface area (Å²) in [5.41, 5.74) is 4.01. The van der Waals surface area contributed by atoms with E-state index in [1.165, 1.54) is 0 Å². The van der Waals surface area contributed by atoms with Gasteiger partial charge in [0, 0.05) is 41.8 Å². The molecule has 192 valence electrons. The number of carboxylic acid groups (broad SMARTS) is 2. The van der Waals surface area contributed by atoms with E-state index in [0.717, 1.165) is 28.0 Å². The van der Waals surface area contributed by atoms with Gasteiger partial charge in [0.2, 0.25) is 0 Å². The highest BCUT2D eigenvalue weighted by Gasteiger charge is 2.16. The second-order valence-corrected chi connectivity index (χ2v) is 8.35. The largest absolute Gasteiger partial charge is 0.489 e. The maximum atomic E-state index is 11.1. The van der Waals surface area contributed by atoms with Crippen molar-refractivity contribution in [2.75, 3.05) is 18.5 Å². The number of pyridine rings is 2. The SMILES string of the molecule is Cc1cc(-c2ccn3nc(Nc4cc(C)nc(C)n4)cc3c2)c(OCC(CNC(=O)O)NC(=O)O)cn1. The van der Waals surface area contributed by atoms with Gasteiger partial charge in [-0.2, -0.15) is 5.10 Å². The van der Waals surface area contributed by atoms with Crippen molar-refractivity contribution in [1.29, 1.82) is 0 Å². The van der Waals surface area contributed by atoms with E-state index in [1.54, 1.807) is 10.7 Å². The quantitative estimate of drug-likeness (QED) is 0.227. The fourth-order valence-electron chi connectivity index (χ4n) is 3.75. The van der Waals surface area contributed by atoms with Gasteiger partial charge in [-0.05, 0) is 44.5 Å². The molecule has 0 aliphatic heterocycles. The van der Waals surface area contributed by atoms with Crippen molar-refractivity contribution in [3.63, 3.8) is 0 Å². The van der Waals surface area contributed by atoms with Crippen molar-refractivity contribution in [2.24, 2.45) is 0 Å². The number of hydrogen-bond donors (Lipinski definition) is 5. The number of carbonyl (C=O) groups is 2. The normalized spacial score (nSPS) is 11.6. The number of aromatic nitrogens is 5. The third-order valence-electron chi connectivity index (χ3n) is 5.27. The van der Waals surface area contributed by atoms with Crippen LogP contribution in [0.2, 0.25) is 0 Å². The molecule has 0 aliphatic carbocycles. The zero-order valence-electron chi connectivity index (χ0n) is 20.4. The molecule has 5 N–H and O–H groups in total. The number of aryl methyl sites for hydroxylation is 3. The Morgan fingerprint density at radius 2 is 1.84 bits per heavy atom. The Balaban J connectivity index is 1.58. The lowest BCUT2D eigenvalue weighted by Gasteiger charge is -2.19. The molecule has 0 fully saturated rings. The first kappa shape index (κ1) is 25.2. The molecule has 0 saturated carbocycles. The summed E-state index contributed by atoms with van der Waals surface area (Å²) in [4.78, 5) is 34.9. The molecule has 0 spiro atoms. The van der Waals surface area contributed by atoms with E-state index in [9.17, 15) is 9.59 Å². The van der Waals surface area contributed by atoms with E-state index in [4.69, 9.17) is 14.9 Å². The third kappa shape index (κ3) is 6.60. The van der Waals surface area contributed by atoms with Gasteiger partial charge in [-0.15, -0.1) is 0 Å². The van der Waals surface area contributed by atoms with E-state index in [2.05, 4.69) is 36.0 Å². The highest BCUT2D eigenvalue weighted by Crippen LogP contribution is 2.31. The molecule has 0 bridgehead atoms. The fourth-order valence-corrected chi connectivity index (χ4v) is 3.75. The van der Waals surface area contributed by atoms with Crippen LogP contribution in [-0.2, 0) is 0 Å². The Morgan fingerprint density at radius 3 is 2.57 bits per heavy atom. The molecule has 4 heterocycles. The lowest BCUT2D eigenvalue weighted by Crippen LogP contribution is -2.46. The van der Waals surface area contributed by atoms with Gasteiger partial charge in [-0.25, -0.2) is 24.1 Å². The highest BCUT2D eigenvalue weighted by molar-refractivity contribution is 5.75. The molecular weight excluding hydrogens is 480 g/mol. The van der Waals surface area contributed by atoms with E-state index in [1.807, 2.05) is 57.3 Å². The van der Waals surface area contributed by atoms with Crippen LogP contribution in [0, 0.1) is 20.8 Å². The average Bonchev–Trinajstić information content (AvgIpc) is 3.21. The van der Waals surface area contributed by atoms with Crippen molar-refractivity contribution in [2.45, 2.75) is 26.8 Å². The average molecular weight is 507 g/mol. The summed E-state index contributed by atoms with van der Waals surface area (Å²) >= 11 is 0. The zero-order chi connectivity index (χ0) is 26.5. The maximum Gasteiger partial charge on any atom is 0.405 e. The molecule has 13 heteroatoms. The van der Waals surface area contributed by atoms with Gasteiger partial charge < -0.3 is 30.9 Å². The molecule has 4 aromatic rings. The molecule has 4 rings (SSSR count). The first-order valence-electron chi connectivity index (χ1n) is 11.3. The Morgan fingerprint density at radius 1 is 1.03 bits per heavy atom. The van der Waals surface area contributed by atoms with Crippen molar-refractivity contribution in [3.8, 4) is 16.9 Å². The molecule has 1 unspecified atom stereocenters. The lowest BCUT2D eigenvalue weighted by molar-refractivity contribution is 0.174. The number of fused-ring (bicyclic) bond motifs is 1. The van der Waals surface area contributed by atoms with Gasteiger partial charge in [-0.3, -0.25) is 4.98 Å². The summed E-state index contributed by atoms with van der Waals surface area (Å²) in [6.45, 7) is 5.32. The van der Waals surface area contributed by atoms with Gasteiger partial charge >= 0.3 is 12.2 Å². The lowest BCUT2D eigenvalue weighted by atomic mass is 10.1. The van der Waals surface area contributed by atoms with Gasteiger partial charge in [0.25, 0.3) is 0 Å². The molecule has 0 radical (unpaired) electrons. The van der Waals surface area contributed by atoms with Crippen LogP contribution in [0.3, 0.4) is 0 Å². The standard InChI is InChI=1S/C24H26N8O5/c1-13-6-19(20(11-25-13)37-12-17(29-24(35)36)10-26-23(33)34)16-4-5-32-18(8-16)9-22(31-32)30-21-7-14(2)27-15(3)28-21/h4-9,11,17,26,29H,10,12H2,1-3H3,(H,33,34)(H,35,36)(H,27,28,30,31). The fraction of sp³-hybridized carbons (Fsp3) is 0.250. The maximum absolute atomic E-state index is 11.1. The smallest absolute Gasteiger partial charge is 0.405 e. The predicted octanol–water partition coefficient (Wildman–Crippen LogP) is 3.14. The zero-order valence-corrected chi connectivity index (χ0v) is 20.4. The van der Waals surface area contributed by atoms with Gasteiger partial charge in [0.15, 0.2) is 5.82 Å². The molecule has 0 aromatic carbocycles. The van der Waals surface area contributed by atoms with Crippen molar-refractivity contribution in [1.82, 2.24) is 35.2 Å². The molecule has 0 aliphatic rings. The van der Waals surface area contributed by atoms with Crippen LogP contribution in [0.15, 0.2) is 42.7 Å². The molecular formula is C24H26N8O5. The summed E-state index contributed by atoms with van der Waals surface area (Å²) in [6.07, 6.45) is 0.825. The van der Waals surface area contributed by atoms with E-state index < -0.39 is 18.2 Å². The molecule has 4 aromatic heterocycles.